The molecule has 0 unspecified atom stereocenters. The summed E-state index contributed by atoms with van der Waals surface area (Å²) in [6, 6.07) is 12.2. The number of nitrogens with two attached hydrogens (primary N) is 1. The van der Waals surface area contributed by atoms with Crippen LogP contribution in [-0.4, -0.2) is 31.1 Å². The molecule has 0 radical (unpaired) electrons. The maximum atomic E-state index is 6.26. The van der Waals surface area contributed by atoms with Crippen LogP contribution in [0.1, 0.15) is 29.5 Å². The number of likely N-dealkylation sites (tertiary alicyclic amines) is 1. The predicted octanol–water partition coefficient (Wildman–Crippen LogP) is 5.04. The number of benzene rings is 2. The lowest BCUT2D eigenvalue weighted by Crippen LogP contribution is -2.46. The molecule has 5 heteroatoms. The molecule has 142 valence electrons. The van der Waals surface area contributed by atoms with E-state index < -0.39 is 0 Å². The maximum Gasteiger partial charge on any atom is 0.0556 e. The Labute approximate surface area is 171 Å². The summed E-state index contributed by atoms with van der Waals surface area (Å²) < 4.78 is 0. The minimum Gasteiger partial charge on any atom is -0.310 e. The van der Waals surface area contributed by atoms with Crippen molar-refractivity contribution in [2.75, 3.05) is 31.2 Å². The number of hydrazine groups is 1. The van der Waals surface area contributed by atoms with Crippen LogP contribution in [0.25, 0.3) is 6.08 Å². The number of halogens is 2. The number of anilines is 1. The second-order valence-electron chi connectivity index (χ2n) is 7.78. The highest BCUT2D eigenvalue weighted by molar-refractivity contribution is 6.31. The highest BCUT2D eigenvalue weighted by atomic mass is 35.5. The Hall–Kier alpha value is -1.52. The monoisotopic (exact) mass is 401 g/mol. The standard InChI is InChI=1S/C22H25Cl2N3/c1-16-13-17(4-6-20(16)24)3-2-10-26-11-8-22(9-12-26)15-27(25)21-7-5-18(23)14-19(21)22/h2-7,13-14H,8-12,15,25H2,1H3/b3-2+. The Morgan fingerprint density at radius 1 is 1.11 bits per heavy atom. The molecular formula is C22H25Cl2N3. The Kier molecular flexibility index (Phi) is 5.21. The molecule has 0 atom stereocenters. The molecule has 2 aromatic carbocycles. The molecule has 1 spiro atoms. The summed E-state index contributed by atoms with van der Waals surface area (Å²) in [5.41, 5.74) is 4.91. The first-order chi connectivity index (χ1) is 13.0. The Balaban J connectivity index is 1.39. The molecule has 1 saturated heterocycles. The van der Waals surface area contributed by atoms with Crippen molar-refractivity contribution in [3.05, 3.63) is 69.2 Å². The maximum absolute atomic E-state index is 6.26. The topological polar surface area (TPSA) is 32.5 Å². The first-order valence-electron chi connectivity index (χ1n) is 9.44. The zero-order valence-electron chi connectivity index (χ0n) is 15.6. The summed E-state index contributed by atoms with van der Waals surface area (Å²) in [5.74, 6) is 6.26. The van der Waals surface area contributed by atoms with Gasteiger partial charge in [-0.05, 0) is 73.8 Å². The molecule has 0 amide bonds. The second-order valence-corrected chi connectivity index (χ2v) is 8.62. The Morgan fingerprint density at radius 2 is 1.89 bits per heavy atom. The highest BCUT2D eigenvalue weighted by Gasteiger charge is 2.43. The number of hydrogen-bond acceptors (Lipinski definition) is 3. The number of rotatable bonds is 3. The van der Waals surface area contributed by atoms with Crippen LogP contribution in [0.2, 0.25) is 10.0 Å². The minimum atomic E-state index is 0.141. The lowest BCUT2D eigenvalue weighted by molar-refractivity contribution is 0.180. The molecular weight excluding hydrogens is 377 g/mol. The van der Waals surface area contributed by atoms with Gasteiger partial charge in [0.25, 0.3) is 0 Å². The minimum absolute atomic E-state index is 0.141. The van der Waals surface area contributed by atoms with Gasteiger partial charge in [0.15, 0.2) is 0 Å². The number of hydrogen-bond donors (Lipinski definition) is 1. The lowest BCUT2D eigenvalue weighted by atomic mass is 9.74. The molecule has 2 aromatic rings. The summed E-state index contributed by atoms with van der Waals surface area (Å²) in [5, 5.41) is 3.51. The summed E-state index contributed by atoms with van der Waals surface area (Å²) in [7, 11) is 0. The average Bonchev–Trinajstić information content (AvgIpc) is 2.91. The Morgan fingerprint density at radius 3 is 2.63 bits per heavy atom. The molecule has 0 aromatic heterocycles. The lowest BCUT2D eigenvalue weighted by Gasteiger charge is -2.39. The van der Waals surface area contributed by atoms with Crippen LogP contribution >= 0.6 is 23.2 Å². The molecule has 4 rings (SSSR count). The quantitative estimate of drug-likeness (QED) is 0.730. The van der Waals surface area contributed by atoms with Crippen LogP contribution < -0.4 is 10.9 Å². The third-order valence-corrected chi connectivity index (χ3v) is 6.64. The molecule has 2 heterocycles. The first-order valence-corrected chi connectivity index (χ1v) is 10.2. The summed E-state index contributed by atoms with van der Waals surface area (Å²) in [6.45, 7) is 6.03. The molecule has 2 aliphatic heterocycles. The fourth-order valence-corrected chi connectivity index (χ4v) is 4.67. The average molecular weight is 402 g/mol. The van der Waals surface area contributed by atoms with Crippen LogP contribution in [0.4, 0.5) is 5.69 Å². The zero-order chi connectivity index (χ0) is 19.0. The van der Waals surface area contributed by atoms with Crippen molar-refractivity contribution in [1.82, 2.24) is 4.90 Å². The largest absolute Gasteiger partial charge is 0.310 e. The number of piperidine rings is 1. The number of fused-ring (bicyclic) bond motifs is 2. The van der Waals surface area contributed by atoms with Crippen molar-refractivity contribution in [2.24, 2.45) is 5.84 Å². The van der Waals surface area contributed by atoms with Crippen molar-refractivity contribution in [1.29, 1.82) is 0 Å². The van der Waals surface area contributed by atoms with Crippen molar-refractivity contribution in [3.63, 3.8) is 0 Å². The van der Waals surface area contributed by atoms with Crippen molar-refractivity contribution in [2.45, 2.75) is 25.2 Å². The van der Waals surface area contributed by atoms with Gasteiger partial charge in [-0.2, -0.15) is 0 Å². The van der Waals surface area contributed by atoms with Gasteiger partial charge in [-0.15, -0.1) is 0 Å². The van der Waals surface area contributed by atoms with E-state index in [1.807, 2.05) is 24.1 Å². The van der Waals surface area contributed by atoms with Gasteiger partial charge in [-0.1, -0.05) is 47.5 Å². The molecule has 0 bridgehead atoms. The first kappa shape index (κ1) is 18.8. The van der Waals surface area contributed by atoms with E-state index in [-0.39, 0.29) is 5.41 Å². The molecule has 1 fully saturated rings. The van der Waals surface area contributed by atoms with E-state index in [1.165, 1.54) is 11.1 Å². The van der Waals surface area contributed by atoms with Crippen LogP contribution in [0.15, 0.2) is 42.5 Å². The summed E-state index contributed by atoms with van der Waals surface area (Å²) >= 11 is 12.4. The fraction of sp³-hybridized carbons (Fsp3) is 0.364. The van der Waals surface area contributed by atoms with E-state index in [9.17, 15) is 0 Å². The van der Waals surface area contributed by atoms with Crippen LogP contribution in [0.3, 0.4) is 0 Å². The summed E-state index contributed by atoms with van der Waals surface area (Å²) in [6.07, 6.45) is 6.65. The van der Waals surface area contributed by atoms with E-state index in [2.05, 4.69) is 41.3 Å². The van der Waals surface area contributed by atoms with E-state index in [0.717, 1.165) is 60.3 Å². The molecule has 0 saturated carbocycles. The third kappa shape index (κ3) is 3.74. The second kappa shape index (κ2) is 7.48. The van der Waals surface area contributed by atoms with Crippen LogP contribution in [-0.2, 0) is 5.41 Å². The highest BCUT2D eigenvalue weighted by Crippen LogP contribution is 2.46. The molecule has 0 aliphatic carbocycles. The SMILES string of the molecule is Cc1cc(/C=C/CN2CCC3(CC2)CN(N)c2ccc(Cl)cc23)ccc1Cl. The fourth-order valence-electron chi connectivity index (χ4n) is 4.38. The van der Waals surface area contributed by atoms with E-state index >= 15 is 0 Å². The third-order valence-electron chi connectivity index (χ3n) is 5.98. The van der Waals surface area contributed by atoms with Gasteiger partial charge in [0, 0.05) is 28.5 Å². The zero-order valence-corrected chi connectivity index (χ0v) is 17.1. The van der Waals surface area contributed by atoms with Crippen molar-refractivity contribution < 1.29 is 0 Å². The van der Waals surface area contributed by atoms with Gasteiger partial charge in [-0.3, -0.25) is 4.90 Å². The van der Waals surface area contributed by atoms with Crippen molar-refractivity contribution >= 4 is 35.0 Å². The van der Waals surface area contributed by atoms with Crippen LogP contribution in [0, 0.1) is 6.92 Å². The molecule has 3 nitrogen and oxygen atoms in total. The smallest absolute Gasteiger partial charge is 0.0556 e. The van der Waals surface area contributed by atoms with Gasteiger partial charge in [-0.25, -0.2) is 5.84 Å². The van der Waals surface area contributed by atoms with Gasteiger partial charge < -0.3 is 5.01 Å². The number of nitrogens with zero attached hydrogens (tertiary/aromatic N) is 2. The normalized spacial score (nSPS) is 19.2. The summed E-state index contributed by atoms with van der Waals surface area (Å²) in [4.78, 5) is 2.51. The van der Waals surface area contributed by atoms with Crippen LogP contribution in [0.5, 0.6) is 0 Å². The van der Waals surface area contributed by atoms with E-state index in [1.54, 1.807) is 0 Å². The molecule has 27 heavy (non-hydrogen) atoms. The van der Waals surface area contributed by atoms with Crippen molar-refractivity contribution in [3.8, 4) is 0 Å². The van der Waals surface area contributed by atoms with Gasteiger partial charge in [0.05, 0.1) is 5.69 Å². The molecule has 2 aliphatic rings. The molecule has 2 N–H and O–H groups in total. The Bertz CT molecular complexity index is 870. The van der Waals surface area contributed by atoms with Gasteiger partial charge in [0.2, 0.25) is 0 Å². The van der Waals surface area contributed by atoms with E-state index in [4.69, 9.17) is 29.0 Å². The number of aryl methyl sites for hydroxylation is 1. The van der Waals surface area contributed by atoms with E-state index in [0.29, 0.717) is 0 Å². The van der Waals surface area contributed by atoms with Gasteiger partial charge >= 0.3 is 0 Å². The van der Waals surface area contributed by atoms with Gasteiger partial charge in [0.1, 0.15) is 0 Å². The predicted molar refractivity (Wildman–Crippen MR) is 116 cm³/mol.